The SMILES string of the molecule is CCC(N)c1ccccc1C(F)F. The van der Waals surface area contributed by atoms with Crippen LogP contribution in [0.3, 0.4) is 0 Å². The first-order valence-corrected chi connectivity index (χ1v) is 4.29. The molecule has 0 heterocycles. The predicted molar refractivity (Wildman–Crippen MR) is 48.6 cm³/mol. The smallest absolute Gasteiger partial charge is 0.264 e. The van der Waals surface area contributed by atoms with Crippen LogP contribution < -0.4 is 5.73 Å². The van der Waals surface area contributed by atoms with Gasteiger partial charge in [0.15, 0.2) is 0 Å². The molecule has 0 aromatic heterocycles. The molecule has 0 aliphatic rings. The lowest BCUT2D eigenvalue weighted by Gasteiger charge is -2.13. The molecule has 1 unspecified atom stereocenters. The van der Waals surface area contributed by atoms with Crippen LogP contribution in [0.1, 0.15) is 36.9 Å². The van der Waals surface area contributed by atoms with Crippen molar-refractivity contribution in [1.29, 1.82) is 0 Å². The van der Waals surface area contributed by atoms with Crippen molar-refractivity contribution in [2.75, 3.05) is 0 Å². The van der Waals surface area contributed by atoms with Crippen molar-refractivity contribution in [3.05, 3.63) is 35.4 Å². The molecule has 0 saturated carbocycles. The van der Waals surface area contributed by atoms with Gasteiger partial charge in [0.25, 0.3) is 6.43 Å². The molecule has 1 aromatic carbocycles. The molecule has 1 aromatic rings. The average Bonchev–Trinajstić information content (AvgIpc) is 2.16. The lowest BCUT2D eigenvalue weighted by molar-refractivity contribution is 0.149. The van der Waals surface area contributed by atoms with E-state index in [-0.39, 0.29) is 11.6 Å². The van der Waals surface area contributed by atoms with Crippen LogP contribution in [0.25, 0.3) is 0 Å². The van der Waals surface area contributed by atoms with E-state index in [0.717, 1.165) is 0 Å². The number of hydrogen-bond acceptors (Lipinski definition) is 1. The van der Waals surface area contributed by atoms with E-state index in [1.807, 2.05) is 6.92 Å². The number of alkyl halides is 2. The summed E-state index contributed by atoms with van der Waals surface area (Å²) in [5.41, 5.74) is 6.31. The molecule has 3 heteroatoms. The maximum atomic E-state index is 12.5. The highest BCUT2D eigenvalue weighted by Gasteiger charge is 2.15. The molecule has 72 valence electrons. The van der Waals surface area contributed by atoms with Gasteiger partial charge >= 0.3 is 0 Å². The van der Waals surface area contributed by atoms with E-state index in [2.05, 4.69) is 0 Å². The molecule has 0 bridgehead atoms. The summed E-state index contributed by atoms with van der Waals surface area (Å²) in [6.07, 6.45) is -1.77. The lowest BCUT2D eigenvalue weighted by Crippen LogP contribution is -2.11. The molecular formula is C10H13F2N. The van der Waals surface area contributed by atoms with Crippen LogP contribution in [0.4, 0.5) is 8.78 Å². The predicted octanol–water partition coefficient (Wildman–Crippen LogP) is 3.03. The fourth-order valence-electron chi connectivity index (χ4n) is 1.27. The monoisotopic (exact) mass is 185 g/mol. The molecule has 0 amide bonds. The summed E-state index contributed by atoms with van der Waals surface area (Å²) >= 11 is 0. The van der Waals surface area contributed by atoms with E-state index in [4.69, 9.17) is 5.73 Å². The molecule has 0 saturated heterocycles. The summed E-state index contributed by atoms with van der Waals surface area (Å²) in [4.78, 5) is 0. The van der Waals surface area contributed by atoms with E-state index < -0.39 is 6.43 Å². The van der Waals surface area contributed by atoms with Gasteiger partial charge < -0.3 is 5.73 Å². The second kappa shape index (κ2) is 4.33. The van der Waals surface area contributed by atoms with Gasteiger partial charge in [0.1, 0.15) is 0 Å². The van der Waals surface area contributed by atoms with Crippen molar-refractivity contribution in [2.24, 2.45) is 5.73 Å². The third-order valence-electron chi connectivity index (χ3n) is 2.07. The molecule has 1 nitrogen and oxygen atoms in total. The van der Waals surface area contributed by atoms with E-state index in [1.54, 1.807) is 18.2 Å². The van der Waals surface area contributed by atoms with Crippen molar-refractivity contribution in [3.8, 4) is 0 Å². The molecular weight excluding hydrogens is 172 g/mol. The molecule has 0 aliphatic heterocycles. The molecule has 0 radical (unpaired) electrons. The van der Waals surface area contributed by atoms with Crippen molar-refractivity contribution >= 4 is 0 Å². The average molecular weight is 185 g/mol. The Morgan fingerprint density at radius 2 is 1.77 bits per heavy atom. The molecule has 1 atom stereocenters. The number of nitrogens with two attached hydrogens (primary N) is 1. The minimum Gasteiger partial charge on any atom is -0.324 e. The van der Waals surface area contributed by atoms with Gasteiger partial charge in [-0.05, 0) is 12.0 Å². The summed E-state index contributed by atoms with van der Waals surface area (Å²) in [7, 11) is 0. The summed E-state index contributed by atoms with van der Waals surface area (Å²) in [6.45, 7) is 1.88. The lowest BCUT2D eigenvalue weighted by atomic mass is 9.99. The summed E-state index contributed by atoms with van der Waals surface area (Å²) in [5.74, 6) is 0. The highest BCUT2D eigenvalue weighted by atomic mass is 19.3. The fourth-order valence-corrected chi connectivity index (χ4v) is 1.27. The summed E-state index contributed by atoms with van der Waals surface area (Å²) < 4.78 is 24.9. The Morgan fingerprint density at radius 3 is 2.23 bits per heavy atom. The molecule has 0 aliphatic carbocycles. The number of hydrogen-bond donors (Lipinski definition) is 1. The maximum Gasteiger partial charge on any atom is 0.264 e. The second-order valence-electron chi connectivity index (χ2n) is 2.94. The van der Waals surface area contributed by atoms with Crippen molar-refractivity contribution in [1.82, 2.24) is 0 Å². The van der Waals surface area contributed by atoms with Gasteiger partial charge in [-0.25, -0.2) is 8.78 Å². The largest absolute Gasteiger partial charge is 0.324 e. The molecule has 1 rings (SSSR count). The zero-order valence-electron chi connectivity index (χ0n) is 7.50. The Hall–Kier alpha value is -0.960. The van der Waals surface area contributed by atoms with Crippen molar-refractivity contribution in [2.45, 2.75) is 25.8 Å². The minimum atomic E-state index is -2.44. The van der Waals surface area contributed by atoms with Crippen molar-refractivity contribution < 1.29 is 8.78 Å². The van der Waals surface area contributed by atoms with Gasteiger partial charge in [0.05, 0.1) is 0 Å². The minimum absolute atomic E-state index is 0.0526. The van der Waals surface area contributed by atoms with Gasteiger partial charge in [0, 0.05) is 11.6 Å². The van der Waals surface area contributed by atoms with Crippen LogP contribution in [0.15, 0.2) is 24.3 Å². The number of benzene rings is 1. The zero-order valence-corrected chi connectivity index (χ0v) is 7.50. The third kappa shape index (κ3) is 2.25. The Kier molecular flexibility index (Phi) is 3.37. The molecule has 13 heavy (non-hydrogen) atoms. The molecule has 2 N–H and O–H groups in total. The van der Waals surface area contributed by atoms with Crippen LogP contribution in [0.2, 0.25) is 0 Å². The van der Waals surface area contributed by atoms with Crippen molar-refractivity contribution in [3.63, 3.8) is 0 Å². The summed E-state index contributed by atoms with van der Waals surface area (Å²) in [5, 5.41) is 0. The summed E-state index contributed by atoms with van der Waals surface area (Å²) in [6, 6.07) is 6.14. The van der Waals surface area contributed by atoms with E-state index in [1.165, 1.54) is 6.07 Å². The molecule has 0 fully saturated rings. The number of halogens is 2. The van der Waals surface area contributed by atoms with E-state index in [0.29, 0.717) is 12.0 Å². The van der Waals surface area contributed by atoms with Gasteiger partial charge in [-0.15, -0.1) is 0 Å². The highest BCUT2D eigenvalue weighted by Crippen LogP contribution is 2.27. The Labute approximate surface area is 76.6 Å². The van der Waals surface area contributed by atoms with Crippen LogP contribution in [0, 0.1) is 0 Å². The normalized spacial score (nSPS) is 13.3. The fraction of sp³-hybridized carbons (Fsp3) is 0.400. The first-order chi connectivity index (χ1) is 6.16. The van der Waals surface area contributed by atoms with E-state index >= 15 is 0 Å². The topological polar surface area (TPSA) is 26.0 Å². The Bertz CT molecular complexity index is 273. The van der Waals surface area contributed by atoms with Gasteiger partial charge in [-0.3, -0.25) is 0 Å². The number of rotatable bonds is 3. The van der Waals surface area contributed by atoms with Crippen LogP contribution in [0.5, 0.6) is 0 Å². The first kappa shape index (κ1) is 10.1. The Balaban J connectivity index is 3.04. The standard InChI is InChI=1S/C10H13F2N/c1-2-9(13)7-5-3-4-6-8(7)10(11)12/h3-6,9-10H,2,13H2,1H3. The molecule has 0 spiro atoms. The second-order valence-corrected chi connectivity index (χ2v) is 2.94. The quantitative estimate of drug-likeness (QED) is 0.769. The van der Waals surface area contributed by atoms with Gasteiger partial charge in [-0.1, -0.05) is 31.2 Å². The third-order valence-corrected chi connectivity index (χ3v) is 2.07. The van der Waals surface area contributed by atoms with E-state index in [9.17, 15) is 8.78 Å². The maximum absolute atomic E-state index is 12.5. The van der Waals surface area contributed by atoms with Gasteiger partial charge in [-0.2, -0.15) is 0 Å². The first-order valence-electron chi connectivity index (χ1n) is 4.29. The van der Waals surface area contributed by atoms with Crippen LogP contribution in [-0.2, 0) is 0 Å². The zero-order chi connectivity index (χ0) is 9.84. The van der Waals surface area contributed by atoms with Gasteiger partial charge in [0.2, 0.25) is 0 Å². The van der Waals surface area contributed by atoms with Crippen LogP contribution in [-0.4, -0.2) is 0 Å². The highest BCUT2D eigenvalue weighted by molar-refractivity contribution is 5.30. The van der Waals surface area contributed by atoms with Crippen LogP contribution >= 0.6 is 0 Å². The Morgan fingerprint density at radius 1 is 1.23 bits per heavy atom.